The molecule has 1 aliphatic rings. The van der Waals surface area contributed by atoms with Crippen LogP contribution >= 0.6 is 11.3 Å². The van der Waals surface area contributed by atoms with Crippen molar-refractivity contribution in [1.82, 2.24) is 4.98 Å². The third-order valence-corrected chi connectivity index (χ3v) is 4.89. The first-order valence-corrected chi connectivity index (χ1v) is 9.30. The van der Waals surface area contributed by atoms with Gasteiger partial charge >= 0.3 is 5.97 Å². The molecule has 0 radical (unpaired) electrons. The van der Waals surface area contributed by atoms with E-state index in [0.717, 1.165) is 10.4 Å². The van der Waals surface area contributed by atoms with Crippen LogP contribution in [0.4, 0.5) is 5.13 Å². The molecule has 2 aromatic rings. The van der Waals surface area contributed by atoms with E-state index in [9.17, 15) is 9.90 Å². The van der Waals surface area contributed by atoms with Crippen molar-refractivity contribution in [2.45, 2.75) is 52.0 Å². The molecule has 0 spiro atoms. The molecule has 26 heavy (non-hydrogen) atoms. The van der Waals surface area contributed by atoms with Crippen molar-refractivity contribution < 1.29 is 19.4 Å². The summed E-state index contributed by atoms with van der Waals surface area (Å²) in [6.07, 6.45) is 1.76. The fourth-order valence-corrected chi connectivity index (χ4v) is 3.74. The molecule has 1 aromatic carbocycles. The van der Waals surface area contributed by atoms with E-state index in [1.807, 2.05) is 25.1 Å². The topological polar surface area (TPSA) is 80.7 Å². The third kappa shape index (κ3) is 3.83. The summed E-state index contributed by atoms with van der Waals surface area (Å²) < 4.78 is 11.3. The Hall–Kier alpha value is -2.12. The van der Waals surface area contributed by atoms with Crippen molar-refractivity contribution in [2.24, 2.45) is 5.92 Å². The molecular formula is C19H24N2O4S. The second-order valence-corrected chi connectivity index (χ2v) is 8.84. The molecule has 2 N–H and O–H groups in total. The molecule has 7 heteroatoms. The maximum Gasteiger partial charge on any atom is 0.318 e. The zero-order chi connectivity index (χ0) is 19.1. The number of ether oxygens (including phenoxy) is 2. The number of fused-ring (bicyclic) bond motifs is 1. The molecule has 0 saturated carbocycles. The van der Waals surface area contributed by atoms with Gasteiger partial charge in [0.05, 0.1) is 6.04 Å². The molecule has 3 atom stereocenters. The molecule has 0 unspecified atom stereocenters. The number of hydrogen-bond donors (Lipinski definition) is 2. The van der Waals surface area contributed by atoms with E-state index in [-0.39, 0.29) is 0 Å². The summed E-state index contributed by atoms with van der Waals surface area (Å²) in [5, 5.41) is 14.9. The van der Waals surface area contributed by atoms with E-state index in [1.165, 1.54) is 18.3 Å². The van der Waals surface area contributed by atoms with Crippen molar-refractivity contribution in [3.8, 4) is 5.75 Å². The molecule has 0 amide bonds. The minimum absolute atomic E-state index is 0.525. The fourth-order valence-electron chi connectivity index (χ4n) is 3.04. The van der Waals surface area contributed by atoms with E-state index in [2.05, 4.69) is 10.3 Å². The Morgan fingerprint density at radius 2 is 2.08 bits per heavy atom. The van der Waals surface area contributed by atoms with Crippen molar-refractivity contribution in [3.63, 3.8) is 0 Å². The highest BCUT2D eigenvalue weighted by Crippen LogP contribution is 2.45. The molecule has 3 rings (SSSR count). The Balaban J connectivity index is 2.04. The standard InChI is InChI=1S/C19H24N2O4S/c1-11-10-20-17(26-11)21-15-12-8-6-7-9-13(12)24-19(5,23)14(15)16(22)25-18(2,3)4/h6-10,14-15,23H,1-5H3,(H,20,21)/t14-,15-,19-/m1/s1. The maximum atomic E-state index is 12.9. The van der Waals surface area contributed by atoms with Gasteiger partial charge in [-0.05, 0) is 33.8 Å². The number of aryl methyl sites for hydroxylation is 1. The largest absolute Gasteiger partial charge is 0.461 e. The monoisotopic (exact) mass is 376 g/mol. The van der Waals surface area contributed by atoms with Gasteiger partial charge in [0.1, 0.15) is 17.3 Å². The second kappa shape index (κ2) is 6.55. The van der Waals surface area contributed by atoms with Crippen LogP contribution in [-0.2, 0) is 9.53 Å². The van der Waals surface area contributed by atoms with Crippen LogP contribution in [0.1, 0.15) is 44.2 Å². The van der Waals surface area contributed by atoms with Gasteiger partial charge in [0.15, 0.2) is 5.13 Å². The van der Waals surface area contributed by atoms with Crippen LogP contribution in [0.2, 0.25) is 0 Å². The normalized spacial score (nSPS) is 25.2. The third-order valence-electron chi connectivity index (χ3n) is 4.04. The number of para-hydroxylation sites is 1. The summed E-state index contributed by atoms with van der Waals surface area (Å²) in [6, 6.07) is 6.82. The first-order chi connectivity index (χ1) is 12.1. The van der Waals surface area contributed by atoms with Gasteiger partial charge in [0.25, 0.3) is 0 Å². The number of anilines is 1. The summed E-state index contributed by atoms with van der Waals surface area (Å²) in [5.41, 5.74) is 0.106. The number of esters is 1. The van der Waals surface area contributed by atoms with Gasteiger partial charge in [-0.25, -0.2) is 4.98 Å². The molecular weight excluding hydrogens is 352 g/mol. The van der Waals surface area contributed by atoms with E-state index in [4.69, 9.17) is 9.47 Å². The average Bonchev–Trinajstić information content (AvgIpc) is 2.89. The molecule has 2 heterocycles. The van der Waals surface area contributed by atoms with Crippen molar-refractivity contribution in [3.05, 3.63) is 40.9 Å². The second-order valence-electron chi connectivity index (χ2n) is 7.60. The van der Waals surface area contributed by atoms with Crippen LogP contribution in [0, 0.1) is 12.8 Å². The number of carbonyl (C=O) groups is 1. The fraction of sp³-hybridized carbons (Fsp3) is 0.474. The number of carbonyl (C=O) groups excluding carboxylic acids is 1. The molecule has 1 aromatic heterocycles. The Morgan fingerprint density at radius 1 is 1.38 bits per heavy atom. The zero-order valence-corrected chi connectivity index (χ0v) is 16.4. The van der Waals surface area contributed by atoms with Gasteiger partial charge in [-0.2, -0.15) is 0 Å². The highest BCUT2D eigenvalue weighted by atomic mass is 32.1. The summed E-state index contributed by atoms with van der Waals surface area (Å²) in [5.74, 6) is -2.67. The first kappa shape index (κ1) is 18.7. The Morgan fingerprint density at radius 3 is 2.69 bits per heavy atom. The van der Waals surface area contributed by atoms with Crippen molar-refractivity contribution in [1.29, 1.82) is 0 Å². The lowest BCUT2D eigenvalue weighted by Crippen LogP contribution is -2.53. The van der Waals surface area contributed by atoms with Gasteiger partial charge in [-0.3, -0.25) is 4.79 Å². The van der Waals surface area contributed by atoms with Crippen molar-refractivity contribution >= 4 is 22.4 Å². The molecule has 0 fully saturated rings. The number of nitrogens with zero attached hydrogens (tertiary/aromatic N) is 1. The number of aromatic nitrogens is 1. The average molecular weight is 376 g/mol. The maximum absolute atomic E-state index is 12.9. The van der Waals surface area contributed by atoms with Crippen LogP contribution in [0.5, 0.6) is 5.75 Å². The number of thiazole rings is 1. The molecule has 1 aliphatic heterocycles. The summed E-state index contributed by atoms with van der Waals surface area (Å²) >= 11 is 1.49. The van der Waals surface area contributed by atoms with Crippen LogP contribution in [-0.4, -0.2) is 27.4 Å². The summed E-state index contributed by atoms with van der Waals surface area (Å²) in [6.45, 7) is 8.83. The van der Waals surface area contributed by atoms with Crippen LogP contribution in [0.3, 0.4) is 0 Å². The Kier molecular flexibility index (Phi) is 4.71. The lowest BCUT2D eigenvalue weighted by atomic mass is 9.83. The minimum atomic E-state index is -1.72. The van der Waals surface area contributed by atoms with E-state index in [0.29, 0.717) is 10.9 Å². The van der Waals surface area contributed by atoms with E-state index < -0.39 is 29.3 Å². The predicted octanol–water partition coefficient (Wildman–Crippen LogP) is 3.66. The quantitative estimate of drug-likeness (QED) is 0.796. The lowest BCUT2D eigenvalue weighted by Gasteiger charge is -2.42. The van der Waals surface area contributed by atoms with Gasteiger partial charge in [-0.15, -0.1) is 11.3 Å². The van der Waals surface area contributed by atoms with Gasteiger partial charge in [0.2, 0.25) is 5.79 Å². The number of hydrogen-bond acceptors (Lipinski definition) is 7. The molecule has 6 nitrogen and oxygen atoms in total. The van der Waals surface area contributed by atoms with Gasteiger partial charge < -0.3 is 19.9 Å². The predicted molar refractivity (Wildman–Crippen MR) is 100 cm³/mol. The smallest absolute Gasteiger partial charge is 0.318 e. The molecule has 140 valence electrons. The number of rotatable bonds is 3. The highest BCUT2D eigenvalue weighted by Gasteiger charge is 2.52. The number of nitrogens with one attached hydrogen (secondary N) is 1. The zero-order valence-electron chi connectivity index (χ0n) is 15.6. The van der Waals surface area contributed by atoms with E-state index in [1.54, 1.807) is 33.0 Å². The minimum Gasteiger partial charge on any atom is -0.461 e. The lowest BCUT2D eigenvalue weighted by molar-refractivity contribution is -0.206. The first-order valence-electron chi connectivity index (χ1n) is 8.49. The van der Waals surface area contributed by atoms with Gasteiger partial charge in [-0.1, -0.05) is 18.2 Å². The number of aliphatic hydroxyl groups is 1. The SMILES string of the molecule is Cc1cnc(N[C@@H]2c3ccccc3O[C@@](C)(O)[C@H]2C(=O)OC(C)(C)C)s1. The highest BCUT2D eigenvalue weighted by molar-refractivity contribution is 7.15. The Labute approximate surface area is 157 Å². The van der Waals surface area contributed by atoms with Crippen LogP contribution < -0.4 is 10.1 Å². The van der Waals surface area contributed by atoms with E-state index >= 15 is 0 Å². The van der Waals surface area contributed by atoms with Crippen molar-refractivity contribution in [2.75, 3.05) is 5.32 Å². The van der Waals surface area contributed by atoms with Gasteiger partial charge in [0, 0.05) is 23.6 Å². The summed E-state index contributed by atoms with van der Waals surface area (Å²) in [7, 11) is 0. The van der Waals surface area contributed by atoms with Crippen LogP contribution in [0.25, 0.3) is 0 Å². The Bertz CT molecular complexity index is 810. The molecule has 0 bridgehead atoms. The molecule has 0 saturated heterocycles. The number of benzene rings is 1. The molecule has 0 aliphatic carbocycles. The van der Waals surface area contributed by atoms with Crippen LogP contribution in [0.15, 0.2) is 30.5 Å². The summed E-state index contributed by atoms with van der Waals surface area (Å²) in [4.78, 5) is 18.3.